The molecule has 1 saturated carbocycles. The van der Waals surface area contributed by atoms with E-state index in [1.54, 1.807) is 0 Å². The van der Waals surface area contributed by atoms with Gasteiger partial charge in [0.05, 0.1) is 6.04 Å². The summed E-state index contributed by atoms with van der Waals surface area (Å²) >= 11 is 0. The SMILES string of the molecule is CN1CCCCCC1C(=O)C1CC1. The fourth-order valence-corrected chi connectivity index (χ4v) is 2.25. The van der Waals surface area contributed by atoms with Gasteiger partial charge in [-0.25, -0.2) is 0 Å². The monoisotopic (exact) mass is 181 g/mol. The van der Waals surface area contributed by atoms with Crippen LogP contribution in [0.15, 0.2) is 0 Å². The van der Waals surface area contributed by atoms with Crippen LogP contribution < -0.4 is 0 Å². The number of nitrogens with zero attached hydrogens (tertiary/aromatic N) is 1. The Morgan fingerprint density at radius 3 is 2.62 bits per heavy atom. The summed E-state index contributed by atoms with van der Waals surface area (Å²) in [7, 11) is 2.11. The molecular weight excluding hydrogens is 162 g/mol. The quantitative estimate of drug-likeness (QED) is 0.648. The van der Waals surface area contributed by atoms with Gasteiger partial charge in [0, 0.05) is 5.92 Å². The average molecular weight is 181 g/mol. The molecule has 1 unspecified atom stereocenters. The second kappa shape index (κ2) is 3.79. The van der Waals surface area contributed by atoms with Gasteiger partial charge in [0.15, 0.2) is 5.78 Å². The number of rotatable bonds is 2. The Morgan fingerprint density at radius 2 is 1.92 bits per heavy atom. The van der Waals surface area contributed by atoms with Crippen LogP contribution in [0.4, 0.5) is 0 Å². The van der Waals surface area contributed by atoms with Crippen molar-refractivity contribution in [3.63, 3.8) is 0 Å². The van der Waals surface area contributed by atoms with Gasteiger partial charge in [0.1, 0.15) is 0 Å². The predicted molar refractivity (Wildman–Crippen MR) is 52.6 cm³/mol. The van der Waals surface area contributed by atoms with Gasteiger partial charge in [0.2, 0.25) is 0 Å². The van der Waals surface area contributed by atoms with Crippen molar-refractivity contribution in [2.24, 2.45) is 5.92 Å². The molecule has 2 rings (SSSR count). The summed E-state index contributed by atoms with van der Waals surface area (Å²) in [6.07, 6.45) is 7.23. The third kappa shape index (κ3) is 2.11. The molecule has 0 radical (unpaired) electrons. The number of carbonyl (C=O) groups is 1. The molecular formula is C11H19NO. The van der Waals surface area contributed by atoms with Crippen LogP contribution in [0.25, 0.3) is 0 Å². The van der Waals surface area contributed by atoms with Crippen LogP contribution >= 0.6 is 0 Å². The number of likely N-dealkylation sites (N-methyl/N-ethyl adjacent to an activating group) is 1. The molecule has 1 aliphatic carbocycles. The molecule has 2 nitrogen and oxygen atoms in total. The van der Waals surface area contributed by atoms with Crippen molar-refractivity contribution in [1.29, 1.82) is 0 Å². The van der Waals surface area contributed by atoms with Crippen molar-refractivity contribution in [3.05, 3.63) is 0 Å². The Kier molecular flexibility index (Phi) is 2.68. The lowest BCUT2D eigenvalue weighted by atomic mass is 10.0. The van der Waals surface area contributed by atoms with Crippen LogP contribution in [-0.4, -0.2) is 30.3 Å². The minimum Gasteiger partial charge on any atom is -0.298 e. The molecule has 2 fully saturated rings. The normalized spacial score (nSPS) is 31.3. The predicted octanol–water partition coefficient (Wildman–Crippen LogP) is 1.84. The summed E-state index contributed by atoms with van der Waals surface area (Å²) in [5.41, 5.74) is 0. The van der Waals surface area contributed by atoms with Crippen LogP contribution in [-0.2, 0) is 4.79 Å². The maximum Gasteiger partial charge on any atom is 0.153 e. The standard InChI is InChI=1S/C11H19NO/c1-12-8-4-2-3-5-10(12)11(13)9-6-7-9/h9-10H,2-8H2,1H3. The Hall–Kier alpha value is -0.370. The zero-order valence-corrected chi connectivity index (χ0v) is 8.46. The summed E-state index contributed by atoms with van der Waals surface area (Å²) in [6.45, 7) is 1.11. The van der Waals surface area contributed by atoms with Crippen molar-refractivity contribution in [1.82, 2.24) is 4.90 Å². The summed E-state index contributed by atoms with van der Waals surface area (Å²) in [5, 5.41) is 0. The lowest BCUT2D eigenvalue weighted by molar-refractivity contribution is -0.125. The first-order chi connectivity index (χ1) is 6.29. The van der Waals surface area contributed by atoms with E-state index < -0.39 is 0 Å². The Bertz CT molecular complexity index is 198. The lowest BCUT2D eigenvalue weighted by Crippen LogP contribution is -2.38. The largest absolute Gasteiger partial charge is 0.298 e. The zero-order chi connectivity index (χ0) is 9.26. The Morgan fingerprint density at radius 1 is 1.15 bits per heavy atom. The van der Waals surface area contributed by atoms with Gasteiger partial charge in [-0.3, -0.25) is 9.69 Å². The third-order valence-electron chi connectivity index (χ3n) is 3.33. The maximum absolute atomic E-state index is 11.9. The topological polar surface area (TPSA) is 20.3 Å². The fourth-order valence-electron chi connectivity index (χ4n) is 2.25. The first-order valence-corrected chi connectivity index (χ1v) is 5.53. The van der Waals surface area contributed by atoms with Gasteiger partial charge in [-0.2, -0.15) is 0 Å². The highest BCUT2D eigenvalue weighted by Crippen LogP contribution is 2.33. The zero-order valence-electron chi connectivity index (χ0n) is 8.46. The molecule has 0 amide bonds. The molecule has 1 saturated heterocycles. The number of ketones is 1. The molecule has 1 heterocycles. The van der Waals surface area contributed by atoms with E-state index in [9.17, 15) is 4.79 Å². The minimum atomic E-state index is 0.259. The van der Waals surface area contributed by atoms with Crippen molar-refractivity contribution in [3.8, 4) is 0 Å². The van der Waals surface area contributed by atoms with Crippen molar-refractivity contribution < 1.29 is 4.79 Å². The van der Waals surface area contributed by atoms with E-state index in [1.807, 2.05) is 0 Å². The number of hydrogen-bond donors (Lipinski definition) is 0. The first-order valence-electron chi connectivity index (χ1n) is 5.53. The van der Waals surface area contributed by atoms with E-state index in [0.717, 1.165) is 25.8 Å². The summed E-state index contributed by atoms with van der Waals surface area (Å²) in [6, 6.07) is 0.259. The molecule has 0 aromatic heterocycles. The minimum absolute atomic E-state index is 0.259. The van der Waals surface area contributed by atoms with E-state index in [0.29, 0.717) is 11.7 Å². The molecule has 0 N–H and O–H groups in total. The molecule has 2 heteroatoms. The summed E-state index contributed by atoms with van der Waals surface area (Å²) in [4.78, 5) is 14.2. The Labute approximate surface area is 80.3 Å². The van der Waals surface area contributed by atoms with Crippen LogP contribution in [0.5, 0.6) is 0 Å². The van der Waals surface area contributed by atoms with Crippen molar-refractivity contribution >= 4 is 5.78 Å². The van der Waals surface area contributed by atoms with E-state index in [4.69, 9.17) is 0 Å². The number of likely N-dealkylation sites (tertiary alicyclic amines) is 1. The highest BCUT2D eigenvalue weighted by Gasteiger charge is 2.36. The van der Waals surface area contributed by atoms with Gasteiger partial charge in [-0.15, -0.1) is 0 Å². The molecule has 0 aromatic carbocycles. The molecule has 0 aromatic rings. The van der Waals surface area contributed by atoms with Gasteiger partial charge in [0.25, 0.3) is 0 Å². The van der Waals surface area contributed by atoms with Crippen LogP contribution in [0, 0.1) is 5.92 Å². The fraction of sp³-hybridized carbons (Fsp3) is 0.909. The van der Waals surface area contributed by atoms with Gasteiger partial charge < -0.3 is 0 Å². The van der Waals surface area contributed by atoms with E-state index >= 15 is 0 Å². The lowest BCUT2D eigenvalue weighted by Gasteiger charge is -2.24. The highest BCUT2D eigenvalue weighted by atomic mass is 16.1. The van der Waals surface area contributed by atoms with Crippen LogP contribution in [0.1, 0.15) is 38.5 Å². The summed E-state index contributed by atoms with van der Waals surface area (Å²) in [5.74, 6) is 0.968. The second-order valence-electron chi connectivity index (χ2n) is 4.52. The average Bonchev–Trinajstić information content (AvgIpc) is 2.89. The van der Waals surface area contributed by atoms with Gasteiger partial charge >= 0.3 is 0 Å². The van der Waals surface area contributed by atoms with Crippen molar-refractivity contribution in [2.75, 3.05) is 13.6 Å². The third-order valence-corrected chi connectivity index (χ3v) is 3.33. The molecule has 0 spiro atoms. The van der Waals surface area contributed by atoms with Gasteiger partial charge in [-0.05, 0) is 39.3 Å². The van der Waals surface area contributed by atoms with E-state index in [1.165, 1.54) is 19.3 Å². The number of Topliss-reactive ketones (excluding diaryl/α,β-unsaturated/α-hetero) is 1. The van der Waals surface area contributed by atoms with E-state index in [-0.39, 0.29) is 6.04 Å². The number of carbonyl (C=O) groups excluding carboxylic acids is 1. The van der Waals surface area contributed by atoms with Crippen LogP contribution in [0.3, 0.4) is 0 Å². The molecule has 2 aliphatic rings. The summed E-state index contributed by atoms with van der Waals surface area (Å²) < 4.78 is 0. The van der Waals surface area contributed by atoms with Crippen LogP contribution in [0.2, 0.25) is 0 Å². The molecule has 1 aliphatic heterocycles. The molecule has 1 atom stereocenters. The smallest absolute Gasteiger partial charge is 0.153 e. The maximum atomic E-state index is 11.9. The highest BCUT2D eigenvalue weighted by molar-refractivity contribution is 5.88. The van der Waals surface area contributed by atoms with E-state index in [2.05, 4.69) is 11.9 Å². The molecule has 0 bridgehead atoms. The second-order valence-corrected chi connectivity index (χ2v) is 4.52. The number of hydrogen-bond acceptors (Lipinski definition) is 2. The Balaban J connectivity index is 1.96. The first kappa shape index (κ1) is 9.20. The van der Waals surface area contributed by atoms with Gasteiger partial charge in [-0.1, -0.05) is 12.8 Å². The molecule has 13 heavy (non-hydrogen) atoms. The van der Waals surface area contributed by atoms with Crippen molar-refractivity contribution in [2.45, 2.75) is 44.6 Å². The molecule has 74 valence electrons.